The summed E-state index contributed by atoms with van der Waals surface area (Å²) in [5, 5.41) is 13.9. The third-order valence-corrected chi connectivity index (χ3v) is 8.98. The Morgan fingerprint density at radius 2 is 1.48 bits per heavy atom. The van der Waals surface area contributed by atoms with Gasteiger partial charge in [-0.15, -0.1) is 0 Å². The number of ether oxygens (including phenoxy) is 3. The van der Waals surface area contributed by atoms with Crippen LogP contribution in [-0.2, 0) is 30.4 Å². The van der Waals surface area contributed by atoms with Crippen molar-refractivity contribution >= 4 is 29.8 Å². The lowest BCUT2D eigenvalue weighted by atomic mass is 9.86. The van der Waals surface area contributed by atoms with Gasteiger partial charge in [0.2, 0.25) is 0 Å². The van der Waals surface area contributed by atoms with Crippen molar-refractivity contribution in [3.8, 4) is 0 Å². The number of hydrogen-bond acceptors (Lipinski definition) is 8. The highest BCUT2D eigenvalue weighted by Crippen LogP contribution is 2.29. The molecule has 2 aliphatic heterocycles. The highest BCUT2D eigenvalue weighted by atomic mass is 16.5. The molecule has 4 amide bonds. The van der Waals surface area contributed by atoms with E-state index in [-0.39, 0.29) is 48.9 Å². The van der Waals surface area contributed by atoms with Crippen molar-refractivity contribution in [2.24, 2.45) is 5.92 Å². The zero-order chi connectivity index (χ0) is 32.3. The number of nitrogens with one attached hydrogen (secondary N) is 3. The monoisotopic (exact) mass is 633 g/mol. The van der Waals surface area contributed by atoms with E-state index < -0.39 is 6.09 Å². The SMILES string of the molecule is N=C(NC(=O)OCc1ccccc1)c1ccc(C2CCN(C(=O)N[C@H]3CC[C@H](C(=O)OCC(=O)N4CCOCC4)CC3)CC2)cc1. The highest BCUT2D eigenvalue weighted by Gasteiger charge is 2.31. The number of nitrogens with zero attached hydrogens (tertiary/aromatic N) is 2. The van der Waals surface area contributed by atoms with E-state index in [1.165, 1.54) is 0 Å². The standard InChI is InChI=1S/C34H43N5O7/c35-31(37-34(43)46-22-24-4-2-1-3-5-24)27-8-6-25(7-9-27)26-14-16-39(17-15-26)33(42)36-29-12-10-28(11-13-29)32(41)45-23-30(40)38-18-20-44-21-19-38/h1-9,26,28-29H,10-23H2,(H,36,42)(H2,35,37,43)/t28-,29-. The van der Waals surface area contributed by atoms with E-state index in [2.05, 4.69) is 10.6 Å². The Bertz CT molecular complexity index is 1350. The Hall–Kier alpha value is -4.45. The molecule has 2 aromatic rings. The minimum Gasteiger partial charge on any atom is -0.455 e. The normalized spacial score (nSPS) is 20.3. The van der Waals surface area contributed by atoms with Crippen LogP contribution in [0.2, 0.25) is 0 Å². The van der Waals surface area contributed by atoms with E-state index in [0.717, 1.165) is 24.0 Å². The maximum absolute atomic E-state index is 13.0. The Balaban J connectivity index is 0.976. The van der Waals surface area contributed by atoms with Crippen molar-refractivity contribution in [2.45, 2.75) is 57.1 Å². The fourth-order valence-electron chi connectivity index (χ4n) is 6.17. The number of morpholine rings is 1. The summed E-state index contributed by atoms with van der Waals surface area (Å²) in [4.78, 5) is 53.4. The summed E-state index contributed by atoms with van der Waals surface area (Å²) < 4.78 is 15.8. The van der Waals surface area contributed by atoms with Crippen molar-refractivity contribution in [2.75, 3.05) is 46.0 Å². The lowest BCUT2D eigenvalue weighted by molar-refractivity contribution is -0.157. The van der Waals surface area contributed by atoms with Crippen molar-refractivity contribution in [3.63, 3.8) is 0 Å². The van der Waals surface area contributed by atoms with Gasteiger partial charge < -0.3 is 29.3 Å². The number of hydrogen-bond donors (Lipinski definition) is 3. The third-order valence-electron chi connectivity index (χ3n) is 8.98. The smallest absolute Gasteiger partial charge is 0.413 e. The molecule has 1 saturated carbocycles. The highest BCUT2D eigenvalue weighted by molar-refractivity contribution is 6.04. The summed E-state index contributed by atoms with van der Waals surface area (Å²) in [5.41, 5.74) is 2.59. The van der Waals surface area contributed by atoms with Crippen molar-refractivity contribution in [1.29, 1.82) is 5.41 Å². The summed E-state index contributed by atoms with van der Waals surface area (Å²) in [6, 6.07) is 16.9. The molecule has 1 aliphatic carbocycles. The number of likely N-dealkylation sites (tertiary alicyclic amines) is 1. The van der Waals surface area contributed by atoms with Crippen LogP contribution in [0.15, 0.2) is 54.6 Å². The molecule has 2 aromatic carbocycles. The molecule has 2 heterocycles. The first-order valence-corrected chi connectivity index (χ1v) is 16.1. The number of urea groups is 1. The average molecular weight is 634 g/mol. The van der Waals surface area contributed by atoms with Gasteiger partial charge in [0.1, 0.15) is 12.4 Å². The molecule has 0 bridgehead atoms. The van der Waals surface area contributed by atoms with Crippen LogP contribution in [0.5, 0.6) is 0 Å². The van der Waals surface area contributed by atoms with Crippen molar-refractivity contribution in [3.05, 3.63) is 71.3 Å². The predicted octanol–water partition coefficient (Wildman–Crippen LogP) is 3.79. The molecular weight excluding hydrogens is 590 g/mol. The molecule has 0 atom stereocenters. The Labute approximate surface area is 269 Å². The molecule has 0 spiro atoms. The maximum atomic E-state index is 13.0. The molecule has 0 unspecified atom stereocenters. The number of amides is 4. The Morgan fingerprint density at radius 3 is 2.15 bits per heavy atom. The number of piperidine rings is 1. The van der Waals surface area contributed by atoms with Gasteiger partial charge in [-0.3, -0.25) is 20.3 Å². The quantitative estimate of drug-likeness (QED) is 0.227. The molecule has 0 aromatic heterocycles. The first-order chi connectivity index (χ1) is 22.4. The number of benzene rings is 2. The van der Waals surface area contributed by atoms with Gasteiger partial charge in [0, 0.05) is 37.8 Å². The van der Waals surface area contributed by atoms with Crippen LogP contribution < -0.4 is 10.6 Å². The van der Waals surface area contributed by atoms with Gasteiger partial charge in [0.05, 0.1) is 19.1 Å². The van der Waals surface area contributed by atoms with Crippen LogP contribution in [-0.4, -0.2) is 91.7 Å². The number of carbonyl (C=O) groups is 4. The number of carbonyl (C=O) groups excluding carboxylic acids is 4. The lowest BCUT2D eigenvalue weighted by Crippen LogP contribution is -2.48. The summed E-state index contributed by atoms with van der Waals surface area (Å²) in [5.74, 6) is -0.504. The molecule has 3 N–H and O–H groups in total. The van der Waals surface area contributed by atoms with Crippen LogP contribution in [0, 0.1) is 11.3 Å². The third kappa shape index (κ3) is 9.29. The molecule has 246 valence electrons. The first-order valence-electron chi connectivity index (χ1n) is 16.1. The van der Waals surface area contributed by atoms with Gasteiger partial charge in [-0.25, -0.2) is 9.59 Å². The molecule has 2 saturated heterocycles. The van der Waals surface area contributed by atoms with Gasteiger partial charge in [-0.05, 0) is 55.6 Å². The predicted molar refractivity (Wildman–Crippen MR) is 169 cm³/mol. The summed E-state index contributed by atoms with van der Waals surface area (Å²) in [6.07, 6.45) is 3.62. The van der Waals surface area contributed by atoms with E-state index in [9.17, 15) is 19.2 Å². The van der Waals surface area contributed by atoms with E-state index in [1.54, 1.807) is 4.90 Å². The van der Waals surface area contributed by atoms with Crippen LogP contribution >= 0.6 is 0 Å². The average Bonchev–Trinajstić information content (AvgIpc) is 3.10. The van der Waals surface area contributed by atoms with Gasteiger partial charge in [0.25, 0.3) is 5.91 Å². The van der Waals surface area contributed by atoms with Gasteiger partial charge in [0.15, 0.2) is 6.61 Å². The van der Waals surface area contributed by atoms with Crippen LogP contribution in [0.3, 0.4) is 0 Å². The summed E-state index contributed by atoms with van der Waals surface area (Å²) in [6.45, 7) is 3.23. The Kier molecular flexibility index (Phi) is 11.6. The van der Waals surface area contributed by atoms with Gasteiger partial charge >= 0.3 is 18.1 Å². The number of amidine groups is 1. The number of esters is 1. The zero-order valence-corrected chi connectivity index (χ0v) is 26.1. The molecule has 3 fully saturated rings. The second kappa shape index (κ2) is 16.2. The first kappa shape index (κ1) is 32.9. The minimum atomic E-state index is -0.674. The van der Waals surface area contributed by atoms with E-state index in [4.69, 9.17) is 19.6 Å². The molecule has 12 heteroatoms. The van der Waals surface area contributed by atoms with E-state index >= 15 is 0 Å². The topological polar surface area (TPSA) is 150 Å². The zero-order valence-electron chi connectivity index (χ0n) is 26.1. The maximum Gasteiger partial charge on any atom is 0.413 e. The second-order valence-electron chi connectivity index (χ2n) is 12.0. The lowest BCUT2D eigenvalue weighted by Gasteiger charge is -2.35. The van der Waals surface area contributed by atoms with Gasteiger partial charge in [-0.2, -0.15) is 0 Å². The fourth-order valence-corrected chi connectivity index (χ4v) is 6.17. The van der Waals surface area contributed by atoms with Crippen molar-refractivity contribution < 1.29 is 33.4 Å². The van der Waals surface area contributed by atoms with Crippen LogP contribution in [0.1, 0.15) is 61.1 Å². The molecule has 46 heavy (non-hydrogen) atoms. The molecular formula is C34H43N5O7. The number of rotatable bonds is 8. The fraction of sp³-hybridized carbons (Fsp3) is 0.500. The minimum absolute atomic E-state index is 0.0105. The molecule has 12 nitrogen and oxygen atoms in total. The molecule has 3 aliphatic rings. The van der Waals surface area contributed by atoms with Crippen molar-refractivity contribution in [1.82, 2.24) is 20.4 Å². The Morgan fingerprint density at radius 1 is 0.804 bits per heavy atom. The second-order valence-corrected chi connectivity index (χ2v) is 12.0. The summed E-state index contributed by atoms with van der Waals surface area (Å²) in [7, 11) is 0. The van der Waals surface area contributed by atoms with Crippen LogP contribution in [0.4, 0.5) is 9.59 Å². The molecule has 5 rings (SSSR count). The summed E-state index contributed by atoms with van der Waals surface area (Å²) >= 11 is 0. The number of alkyl carbamates (subject to hydrolysis) is 1. The largest absolute Gasteiger partial charge is 0.455 e. The van der Waals surface area contributed by atoms with Crippen LogP contribution in [0.25, 0.3) is 0 Å². The molecule has 0 radical (unpaired) electrons. The van der Waals surface area contributed by atoms with Gasteiger partial charge in [-0.1, -0.05) is 54.6 Å². The van der Waals surface area contributed by atoms with E-state index in [1.807, 2.05) is 59.5 Å². The van der Waals surface area contributed by atoms with E-state index in [0.29, 0.717) is 76.6 Å².